The zero-order valence-electron chi connectivity index (χ0n) is 16.4. The number of anilines is 1. The van der Waals surface area contributed by atoms with E-state index in [9.17, 15) is 0 Å². The van der Waals surface area contributed by atoms with Gasteiger partial charge in [-0.1, -0.05) is 12.1 Å². The molecule has 1 aromatic carbocycles. The molecule has 2 aliphatic rings. The van der Waals surface area contributed by atoms with Crippen molar-refractivity contribution in [3.63, 3.8) is 0 Å². The molecule has 146 valence electrons. The van der Waals surface area contributed by atoms with Gasteiger partial charge >= 0.3 is 0 Å². The van der Waals surface area contributed by atoms with Crippen LogP contribution in [0.4, 0.5) is 5.82 Å². The molecule has 6 rings (SSSR count). The summed E-state index contributed by atoms with van der Waals surface area (Å²) in [7, 11) is 0. The monoisotopic (exact) mass is 393 g/mol. The summed E-state index contributed by atoms with van der Waals surface area (Å²) in [6.45, 7) is 2.81. The smallest absolute Gasteiger partial charge is 0.185 e. The van der Waals surface area contributed by atoms with Crippen molar-refractivity contribution in [1.82, 2.24) is 24.3 Å². The van der Waals surface area contributed by atoms with Gasteiger partial charge in [0.05, 0.1) is 35.3 Å². The van der Waals surface area contributed by atoms with Crippen LogP contribution < -0.4 is 4.90 Å². The van der Waals surface area contributed by atoms with Crippen LogP contribution in [0.3, 0.4) is 0 Å². The van der Waals surface area contributed by atoms with Gasteiger partial charge in [0.15, 0.2) is 5.82 Å². The van der Waals surface area contributed by atoms with Crippen LogP contribution in [0, 0.1) is 11.3 Å². The number of fused-ring (bicyclic) bond motifs is 5. The van der Waals surface area contributed by atoms with E-state index in [0.29, 0.717) is 12.1 Å². The summed E-state index contributed by atoms with van der Waals surface area (Å²) >= 11 is 0. The van der Waals surface area contributed by atoms with Gasteiger partial charge in [0, 0.05) is 24.8 Å². The SMILES string of the molecule is N#Cc1ccc(-c2cc3n(c2)Cc2nc(N4CCCC4)ccc2-n2cnnc2-3)cc1. The third kappa shape index (κ3) is 2.61. The first-order valence-electron chi connectivity index (χ1n) is 10.2. The summed E-state index contributed by atoms with van der Waals surface area (Å²) in [6, 6.07) is 16.2. The number of rotatable bonds is 2. The highest BCUT2D eigenvalue weighted by atomic mass is 15.3. The van der Waals surface area contributed by atoms with Gasteiger partial charge in [-0.25, -0.2) is 4.98 Å². The summed E-state index contributed by atoms with van der Waals surface area (Å²) in [6.07, 6.45) is 6.35. The van der Waals surface area contributed by atoms with E-state index in [2.05, 4.69) is 50.1 Å². The predicted octanol–water partition coefficient (Wildman–Crippen LogP) is 3.63. The summed E-state index contributed by atoms with van der Waals surface area (Å²) in [5.41, 5.74) is 5.87. The van der Waals surface area contributed by atoms with Crippen molar-refractivity contribution in [2.24, 2.45) is 0 Å². The fourth-order valence-corrected chi connectivity index (χ4v) is 4.41. The van der Waals surface area contributed by atoms with Crippen LogP contribution in [-0.2, 0) is 6.54 Å². The average Bonchev–Trinajstić information content (AvgIpc) is 3.54. The molecule has 0 bridgehead atoms. The molecule has 5 heterocycles. The first kappa shape index (κ1) is 17.0. The molecular formula is C23H19N7. The topological polar surface area (TPSA) is 75.6 Å². The van der Waals surface area contributed by atoms with E-state index in [0.717, 1.165) is 52.9 Å². The fraction of sp³-hybridized carbons (Fsp3) is 0.217. The number of pyridine rings is 1. The Kier molecular flexibility index (Phi) is 3.71. The van der Waals surface area contributed by atoms with Crippen molar-refractivity contribution in [3.8, 4) is 34.4 Å². The molecule has 0 atom stereocenters. The predicted molar refractivity (Wildman–Crippen MR) is 113 cm³/mol. The van der Waals surface area contributed by atoms with Crippen molar-refractivity contribution < 1.29 is 0 Å². The van der Waals surface area contributed by atoms with Gasteiger partial charge in [0.25, 0.3) is 0 Å². The van der Waals surface area contributed by atoms with Gasteiger partial charge in [-0.15, -0.1) is 10.2 Å². The van der Waals surface area contributed by atoms with Crippen molar-refractivity contribution in [2.75, 3.05) is 18.0 Å². The maximum absolute atomic E-state index is 9.06. The molecule has 0 aliphatic carbocycles. The number of nitriles is 1. The van der Waals surface area contributed by atoms with E-state index < -0.39 is 0 Å². The summed E-state index contributed by atoms with van der Waals surface area (Å²) in [5.74, 6) is 1.85. The maximum Gasteiger partial charge on any atom is 0.185 e. The van der Waals surface area contributed by atoms with E-state index in [1.54, 1.807) is 6.33 Å². The third-order valence-electron chi connectivity index (χ3n) is 5.97. The van der Waals surface area contributed by atoms with Gasteiger partial charge in [0.1, 0.15) is 12.1 Å². The van der Waals surface area contributed by atoms with E-state index in [1.165, 1.54) is 12.8 Å². The molecule has 0 N–H and O–H groups in total. The Balaban J connectivity index is 1.46. The Bertz CT molecular complexity index is 1280. The lowest BCUT2D eigenvalue weighted by molar-refractivity contribution is 0.784. The fourth-order valence-electron chi connectivity index (χ4n) is 4.41. The zero-order valence-corrected chi connectivity index (χ0v) is 16.4. The molecule has 3 aromatic heterocycles. The minimum Gasteiger partial charge on any atom is -0.357 e. The highest BCUT2D eigenvalue weighted by Gasteiger charge is 2.24. The maximum atomic E-state index is 9.06. The molecule has 0 amide bonds. The second-order valence-electron chi connectivity index (χ2n) is 7.79. The number of benzene rings is 1. The Morgan fingerprint density at radius 3 is 2.60 bits per heavy atom. The lowest BCUT2D eigenvalue weighted by Gasteiger charge is -2.18. The molecule has 1 saturated heterocycles. The molecule has 0 radical (unpaired) electrons. The Morgan fingerprint density at radius 1 is 0.967 bits per heavy atom. The first-order chi connectivity index (χ1) is 14.8. The molecule has 30 heavy (non-hydrogen) atoms. The highest BCUT2D eigenvalue weighted by Crippen LogP contribution is 2.34. The lowest BCUT2D eigenvalue weighted by Crippen LogP contribution is -2.20. The van der Waals surface area contributed by atoms with Crippen molar-refractivity contribution >= 4 is 5.82 Å². The summed E-state index contributed by atoms with van der Waals surface area (Å²) in [4.78, 5) is 7.39. The lowest BCUT2D eigenvalue weighted by atomic mass is 10.1. The van der Waals surface area contributed by atoms with Gasteiger partial charge in [-0.3, -0.25) is 4.57 Å². The third-order valence-corrected chi connectivity index (χ3v) is 5.97. The van der Waals surface area contributed by atoms with Gasteiger partial charge in [-0.05, 0) is 48.7 Å². The number of aromatic nitrogens is 5. The van der Waals surface area contributed by atoms with Gasteiger partial charge in [0.2, 0.25) is 0 Å². The van der Waals surface area contributed by atoms with Crippen LogP contribution in [0.1, 0.15) is 24.1 Å². The number of nitrogens with zero attached hydrogens (tertiary/aromatic N) is 7. The molecule has 0 unspecified atom stereocenters. The first-order valence-corrected chi connectivity index (χ1v) is 10.2. The second-order valence-corrected chi connectivity index (χ2v) is 7.79. The minimum atomic E-state index is 0.659. The molecule has 7 nitrogen and oxygen atoms in total. The summed E-state index contributed by atoms with van der Waals surface area (Å²) < 4.78 is 4.22. The average molecular weight is 393 g/mol. The van der Waals surface area contributed by atoms with Crippen LogP contribution in [-0.4, -0.2) is 37.4 Å². The van der Waals surface area contributed by atoms with Crippen molar-refractivity contribution in [3.05, 3.63) is 66.2 Å². The highest BCUT2D eigenvalue weighted by molar-refractivity contribution is 5.71. The van der Waals surface area contributed by atoms with E-state index in [1.807, 2.05) is 28.8 Å². The Hall–Kier alpha value is -3.92. The minimum absolute atomic E-state index is 0.659. The summed E-state index contributed by atoms with van der Waals surface area (Å²) in [5, 5.41) is 17.6. The largest absolute Gasteiger partial charge is 0.357 e. The van der Waals surface area contributed by atoms with Crippen LogP contribution in [0.25, 0.3) is 28.3 Å². The van der Waals surface area contributed by atoms with E-state index in [4.69, 9.17) is 10.2 Å². The van der Waals surface area contributed by atoms with Crippen LogP contribution in [0.2, 0.25) is 0 Å². The molecule has 0 spiro atoms. The second kappa shape index (κ2) is 6.56. The van der Waals surface area contributed by atoms with Gasteiger partial charge in [-0.2, -0.15) is 5.26 Å². The quantitative estimate of drug-likeness (QED) is 0.458. The van der Waals surface area contributed by atoms with Gasteiger partial charge < -0.3 is 9.47 Å². The van der Waals surface area contributed by atoms with Crippen LogP contribution in [0.15, 0.2) is 55.0 Å². The normalized spacial score (nSPS) is 14.6. The molecule has 0 saturated carbocycles. The zero-order chi connectivity index (χ0) is 20.1. The van der Waals surface area contributed by atoms with Crippen LogP contribution in [0.5, 0.6) is 0 Å². The molecule has 4 aromatic rings. The Morgan fingerprint density at radius 2 is 1.80 bits per heavy atom. The standard InChI is InChI=1S/C23H19N7/c24-12-16-3-5-17(6-4-16)18-11-21-23-27-25-15-30(23)20-7-8-22(28-9-1-2-10-28)26-19(20)14-29(21)13-18/h3-8,11,13,15H,1-2,9-10,14H2. The van der Waals surface area contributed by atoms with Crippen LogP contribution >= 0.6 is 0 Å². The van der Waals surface area contributed by atoms with E-state index in [-0.39, 0.29) is 0 Å². The van der Waals surface area contributed by atoms with Crippen molar-refractivity contribution in [2.45, 2.75) is 19.4 Å². The number of hydrogen-bond acceptors (Lipinski definition) is 5. The van der Waals surface area contributed by atoms with Crippen molar-refractivity contribution in [1.29, 1.82) is 5.26 Å². The molecule has 7 heteroatoms. The molecular weight excluding hydrogens is 374 g/mol. The Labute approximate surface area is 173 Å². The van der Waals surface area contributed by atoms with E-state index >= 15 is 0 Å². The number of hydrogen-bond donors (Lipinski definition) is 0. The molecule has 1 fully saturated rings. The molecule has 2 aliphatic heterocycles.